The monoisotopic (exact) mass is 418 g/mol. The smallest absolute Gasteiger partial charge is 0.287 e. The van der Waals surface area contributed by atoms with Crippen LogP contribution in [0.1, 0.15) is 32.6 Å². The van der Waals surface area contributed by atoms with Crippen molar-refractivity contribution in [2.24, 2.45) is 0 Å². The molecule has 148 valence electrons. The van der Waals surface area contributed by atoms with Gasteiger partial charge in [0.15, 0.2) is 5.76 Å². The summed E-state index contributed by atoms with van der Waals surface area (Å²) in [6.07, 6.45) is 0. The number of aryl methyl sites for hydroxylation is 2. The second kappa shape index (κ2) is 8.25. The number of halogens is 1. The number of hydrogen-bond acceptors (Lipinski definition) is 5. The topological polar surface area (TPSA) is 54.7 Å². The number of ether oxygens (including phenoxy) is 1. The second-order valence-corrected chi connectivity index (χ2v) is 8.43. The van der Waals surface area contributed by atoms with E-state index in [1.54, 1.807) is 11.3 Å². The van der Waals surface area contributed by atoms with Crippen molar-refractivity contribution >= 4 is 39.8 Å². The number of fused-ring (bicyclic) bond motifs is 1. The first-order valence-corrected chi connectivity index (χ1v) is 10.6. The number of carbonyl (C=O) groups is 1. The van der Waals surface area contributed by atoms with E-state index < -0.39 is 0 Å². The van der Waals surface area contributed by atoms with Gasteiger partial charge >= 0.3 is 0 Å². The van der Waals surface area contributed by atoms with Gasteiger partial charge in [0.1, 0.15) is 5.58 Å². The van der Waals surface area contributed by atoms with E-state index in [1.807, 2.05) is 32.0 Å². The average molecular weight is 419 g/mol. The Morgan fingerprint density at radius 2 is 2.11 bits per heavy atom. The number of hydrogen-bond donors (Lipinski definition) is 1. The van der Waals surface area contributed by atoms with E-state index in [0.29, 0.717) is 22.9 Å². The lowest BCUT2D eigenvalue weighted by Crippen LogP contribution is -2.43. The van der Waals surface area contributed by atoms with Crippen LogP contribution >= 0.6 is 22.9 Å². The van der Waals surface area contributed by atoms with E-state index in [4.69, 9.17) is 20.8 Å². The number of nitrogens with zero attached hydrogens (tertiary/aromatic N) is 1. The molecule has 28 heavy (non-hydrogen) atoms. The minimum absolute atomic E-state index is 0.134. The van der Waals surface area contributed by atoms with Crippen LogP contribution in [0, 0.1) is 13.8 Å². The fourth-order valence-corrected chi connectivity index (χ4v) is 4.63. The van der Waals surface area contributed by atoms with Crippen molar-refractivity contribution < 1.29 is 13.9 Å². The Labute approximate surface area is 173 Å². The van der Waals surface area contributed by atoms with Gasteiger partial charge in [0.05, 0.1) is 19.3 Å². The highest BCUT2D eigenvalue weighted by Crippen LogP contribution is 2.30. The molecule has 0 radical (unpaired) electrons. The normalized spacial score (nSPS) is 16.4. The maximum absolute atomic E-state index is 12.9. The van der Waals surface area contributed by atoms with Crippen LogP contribution in [-0.4, -0.2) is 43.7 Å². The predicted octanol–water partition coefficient (Wildman–Crippen LogP) is 4.57. The van der Waals surface area contributed by atoms with E-state index in [0.717, 1.165) is 42.8 Å². The van der Waals surface area contributed by atoms with Gasteiger partial charge in [-0.2, -0.15) is 0 Å². The van der Waals surface area contributed by atoms with Crippen LogP contribution < -0.4 is 5.32 Å². The van der Waals surface area contributed by atoms with Crippen LogP contribution in [0.25, 0.3) is 11.0 Å². The Morgan fingerprint density at radius 1 is 1.32 bits per heavy atom. The first-order valence-electron chi connectivity index (χ1n) is 9.37. The molecular weight excluding hydrogens is 396 g/mol. The molecule has 1 N–H and O–H groups in total. The highest BCUT2D eigenvalue weighted by molar-refractivity contribution is 7.10. The van der Waals surface area contributed by atoms with E-state index >= 15 is 0 Å². The number of morpholine rings is 1. The molecule has 0 spiro atoms. The van der Waals surface area contributed by atoms with Crippen LogP contribution in [0.15, 0.2) is 34.1 Å². The molecule has 1 amide bonds. The minimum Gasteiger partial charge on any atom is -0.451 e. The number of amides is 1. The van der Waals surface area contributed by atoms with Crippen LogP contribution in [0.2, 0.25) is 5.02 Å². The fourth-order valence-electron chi connectivity index (χ4n) is 3.61. The molecule has 0 saturated carbocycles. The van der Waals surface area contributed by atoms with Gasteiger partial charge in [0.25, 0.3) is 5.91 Å². The summed E-state index contributed by atoms with van der Waals surface area (Å²) < 4.78 is 11.3. The Morgan fingerprint density at radius 3 is 2.82 bits per heavy atom. The largest absolute Gasteiger partial charge is 0.451 e. The summed E-state index contributed by atoms with van der Waals surface area (Å²) >= 11 is 7.95. The molecule has 1 saturated heterocycles. The van der Waals surface area contributed by atoms with E-state index in [9.17, 15) is 4.79 Å². The lowest BCUT2D eigenvalue weighted by Gasteiger charge is -2.34. The third-order valence-electron chi connectivity index (χ3n) is 5.24. The number of nitrogens with one attached hydrogen (secondary N) is 1. The molecule has 1 fully saturated rings. The van der Waals surface area contributed by atoms with Crippen molar-refractivity contribution in [1.82, 2.24) is 10.2 Å². The van der Waals surface area contributed by atoms with Gasteiger partial charge < -0.3 is 14.5 Å². The molecule has 2 aromatic heterocycles. The van der Waals surface area contributed by atoms with Crippen molar-refractivity contribution in [2.75, 3.05) is 32.8 Å². The highest BCUT2D eigenvalue weighted by atomic mass is 35.5. The third-order valence-corrected chi connectivity index (χ3v) is 6.62. The Hall–Kier alpha value is -1.86. The van der Waals surface area contributed by atoms with Crippen molar-refractivity contribution in [1.29, 1.82) is 0 Å². The molecule has 4 rings (SSSR count). The maximum atomic E-state index is 12.9. The minimum atomic E-state index is -0.197. The van der Waals surface area contributed by atoms with Crippen molar-refractivity contribution in [3.05, 3.63) is 56.4 Å². The van der Waals surface area contributed by atoms with E-state index in [1.165, 1.54) is 4.88 Å². The summed E-state index contributed by atoms with van der Waals surface area (Å²) in [5, 5.41) is 6.70. The molecule has 1 aromatic carbocycles. The van der Waals surface area contributed by atoms with Gasteiger partial charge in [-0.3, -0.25) is 9.69 Å². The zero-order valence-electron chi connectivity index (χ0n) is 16.0. The summed E-state index contributed by atoms with van der Waals surface area (Å²) in [5.41, 5.74) is 2.43. The van der Waals surface area contributed by atoms with Crippen LogP contribution in [0.3, 0.4) is 0 Å². The van der Waals surface area contributed by atoms with Crippen molar-refractivity contribution in [3.63, 3.8) is 0 Å². The van der Waals surface area contributed by atoms with Gasteiger partial charge in [-0.05, 0) is 43.0 Å². The molecule has 0 aliphatic carbocycles. The second-order valence-electron chi connectivity index (χ2n) is 7.04. The van der Waals surface area contributed by atoms with Gasteiger partial charge in [-0.25, -0.2) is 0 Å². The number of thiophene rings is 1. The van der Waals surface area contributed by atoms with Gasteiger partial charge in [-0.1, -0.05) is 17.7 Å². The summed E-state index contributed by atoms with van der Waals surface area (Å²) in [6.45, 7) is 7.51. The fraction of sp³-hybridized carbons (Fsp3) is 0.381. The van der Waals surface area contributed by atoms with Crippen molar-refractivity contribution in [2.45, 2.75) is 19.9 Å². The molecule has 7 heteroatoms. The lowest BCUT2D eigenvalue weighted by molar-refractivity contribution is 0.0168. The molecule has 5 nitrogen and oxygen atoms in total. The zero-order chi connectivity index (χ0) is 19.7. The van der Waals surface area contributed by atoms with E-state index in [2.05, 4.69) is 21.7 Å². The molecule has 1 aliphatic heterocycles. The molecule has 3 heterocycles. The summed E-state index contributed by atoms with van der Waals surface area (Å²) in [5.74, 6) is 0.154. The van der Waals surface area contributed by atoms with Gasteiger partial charge in [0, 0.05) is 40.5 Å². The number of rotatable bonds is 5. The summed E-state index contributed by atoms with van der Waals surface area (Å²) in [4.78, 5) is 16.5. The average Bonchev–Trinajstić information content (AvgIpc) is 3.33. The highest BCUT2D eigenvalue weighted by Gasteiger charge is 2.25. The Balaban J connectivity index is 1.53. The van der Waals surface area contributed by atoms with Crippen LogP contribution in [-0.2, 0) is 4.74 Å². The molecule has 0 bridgehead atoms. The molecule has 0 unspecified atom stereocenters. The SMILES string of the molecule is Cc1cc2oc(C(=O)NC[C@@H](c3cccs3)N3CCOCC3)c(C)c2cc1Cl. The summed E-state index contributed by atoms with van der Waals surface area (Å²) in [7, 11) is 0. The molecular formula is C21H23ClN2O3S. The van der Waals surface area contributed by atoms with E-state index in [-0.39, 0.29) is 11.9 Å². The lowest BCUT2D eigenvalue weighted by atomic mass is 10.1. The van der Waals surface area contributed by atoms with Gasteiger partial charge in [-0.15, -0.1) is 11.3 Å². The standard InChI is InChI=1S/C21H23ClN2O3S/c1-13-10-18-15(11-16(13)22)14(2)20(27-18)21(25)23-12-17(19-4-3-9-28-19)24-5-7-26-8-6-24/h3-4,9-11,17H,5-8,12H2,1-2H3,(H,23,25)/t17-/m0/s1. The molecule has 3 aromatic rings. The maximum Gasteiger partial charge on any atom is 0.287 e. The first-order chi connectivity index (χ1) is 13.5. The van der Waals surface area contributed by atoms with Crippen LogP contribution in [0.5, 0.6) is 0 Å². The first kappa shape index (κ1) is 19.5. The van der Waals surface area contributed by atoms with Crippen LogP contribution in [0.4, 0.5) is 0 Å². The molecule has 1 aliphatic rings. The number of carbonyl (C=O) groups excluding carboxylic acids is 1. The molecule has 1 atom stereocenters. The number of benzene rings is 1. The number of furan rings is 1. The zero-order valence-corrected chi connectivity index (χ0v) is 17.5. The van der Waals surface area contributed by atoms with Gasteiger partial charge in [0.2, 0.25) is 0 Å². The predicted molar refractivity (Wildman–Crippen MR) is 112 cm³/mol. The summed E-state index contributed by atoms with van der Waals surface area (Å²) in [6, 6.07) is 8.04. The third kappa shape index (κ3) is 3.82. The Bertz CT molecular complexity index is 977. The Kier molecular flexibility index (Phi) is 5.73. The van der Waals surface area contributed by atoms with Crippen molar-refractivity contribution in [3.8, 4) is 0 Å². The quantitative estimate of drug-likeness (QED) is 0.659.